The molecule has 2 N–H and O–H groups in total. The zero-order valence-electron chi connectivity index (χ0n) is 19.2. The molecule has 0 spiro atoms. The van der Waals surface area contributed by atoms with Gasteiger partial charge in [0.15, 0.2) is 0 Å². The predicted molar refractivity (Wildman–Crippen MR) is 146 cm³/mol. The standard InChI is InChI=1S/C23H26N2O3S4Te.H2O/c1-4-16(14-20-24(2)23-19(31-20)10-11-22(29-3)33-23)15-21-25(12-7-13-32(26,27)28)17-8-5-6-9-18(17)30-21;/h5-6,8-11,14-15,22H,4,7,12-13H2,1-3H3;1H2. The monoisotopic (exact) mass is 654 g/mol. The van der Waals surface area contributed by atoms with Crippen molar-refractivity contribution in [2.45, 2.75) is 28.0 Å². The molecule has 11 heteroatoms. The molecule has 1 unspecified atom stereocenters. The Kier molecular flexibility index (Phi) is 9.80. The van der Waals surface area contributed by atoms with E-state index in [2.05, 4.69) is 66.1 Å². The number of hydrogen-bond acceptors (Lipinski definition) is 7. The maximum absolute atomic E-state index is 11.2. The maximum atomic E-state index is 11.2. The van der Waals surface area contributed by atoms with Crippen molar-refractivity contribution in [2.75, 3.05) is 23.5 Å². The van der Waals surface area contributed by atoms with Crippen molar-refractivity contribution in [1.82, 2.24) is 0 Å². The number of nitrogens with zero attached hydrogens (tertiary/aromatic N) is 2. The minimum absolute atomic E-state index is 0. The summed E-state index contributed by atoms with van der Waals surface area (Å²) in [5.74, 6) is -0.231. The summed E-state index contributed by atoms with van der Waals surface area (Å²) in [6, 6.07) is 8.19. The smallest absolute Gasteiger partial charge is 0.870 e. The van der Waals surface area contributed by atoms with Crippen LogP contribution in [0.2, 0.25) is 0 Å². The van der Waals surface area contributed by atoms with Crippen LogP contribution >= 0.6 is 34.9 Å². The molecule has 3 heterocycles. The van der Waals surface area contributed by atoms with Crippen LogP contribution in [0.25, 0.3) is 12.2 Å². The van der Waals surface area contributed by atoms with E-state index in [4.69, 9.17) is 4.55 Å². The van der Waals surface area contributed by atoms with Crippen molar-refractivity contribution in [3.8, 4) is 0 Å². The molecule has 6 nitrogen and oxygen atoms in total. The average molecular weight is 652 g/mol. The number of benzene rings is 1. The van der Waals surface area contributed by atoms with E-state index in [-0.39, 0.29) is 32.2 Å². The third-order valence-electron chi connectivity index (χ3n) is 5.37. The molecule has 0 bridgehead atoms. The van der Waals surface area contributed by atoms with E-state index in [1.165, 1.54) is 24.1 Å². The van der Waals surface area contributed by atoms with Crippen LogP contribution in [0.5, 0.6) is 0 Å². The van der Waals surface area contributed by atoms with Crippen LogP contribution in [0.4, 0.5) is 5.69 Å². The minimum atomic E-state index is -3.96. The molecular weight excluding hydrogens is 624 g/mol. The number of rotatable bonds is 8. The van der Waals surface area contributed by atoms with Gasteiger partial charge < -0.3 is 5.48 Å². The Hall–Kier alpha value is -0.770. The summed E-state index contributed by atoms with van der Waals surface area (Å²) in [7, 11) is -1.78. The molecule has 0 amide bonds. The Balaban J connectivity index is 0.00000324. The van der Waals surface area contributed by atoms with Crippen molar-refractivity contribution in [3.05, 3.63) is 56.9 Å². The predicted octanol–water partition coefficient (Wildman–Crippen LogP) is 3.97. The molecule has 184 valence electrons. The van der Waals surface area contributed by atoms with Crippen molar-refractivity contribution in [3.63, 3.8) is 0 Å². The molecule has 0 saturated heterocycles. The topological polar surface area (TPSA) is 91.5 Å². The van der Waals surface area contributed by atoms with Gasteiger partial charge in [0.25, 0.3) is 0 Å². The summed E-state index contributed by atoms with van der Waals surface area (Å²) in [6.07, 6.45) is 12.6. The third-order valence-corrected chi connectivity index (χ3v) is 14.9. The van der Waals surface area contributed by atoms with Crippen LogP contribution in [0.3, 0.4) is 0 Å². The van der Waals surface area contributed by atoms with E-state index in [9.17, 15) is 8.42 Å². The number of allylic oxidation sites excluding steroid dienone is 2. The molecule has 0 aliphatic carbocycles. The molecule has 34 heavy (non-hydrogen) atoms. The Bertz CT molecular complexity index is 1240. The van der Waals surface area contributed by atoms with Crippen LogP contribution in [0.1, 0.15) is 29.7 Å². The van der Waals surface area contributed by atoms with Crippen LogP contribution < -0.4 is 13.2 Å². The molecule has 1 aromatic heterocycles. The van der Waals surface area contributed by atoms with Gasteiger partial charge in [-0.1, -0.05) is 0 Å². The molecule has 1 aromatic carbocycles. The fourth-order valence-corrected chi connectivity index (χ4v) is 11.3. The number of aromatic nitrogens is 1. The fourth-order valence-electron chi connectivity index (χ4n) is 3.66. The van der Waals surface area contributed by atoms with Crippen LogP contribution in [0, 0.1) is 0 Å². The summed E-state index contributed by atoms with van der Waals surface area (Å²) in [6.45, 7) is 2.71. The number of hydrogen-bond donors (Lipinski definition) is 1. The van der Waals surface area contributed by atoms with Gasteiger partial charge in [-0.3, -0.25) is 4.55 Å². The molecular formula is C23H28N2O4S4Te. The Morgan fingerprint density at radius 2 is 2.12 bits per heavy atom. The normalized spacial score (nSPS) is 18.7. The minimum Gasteiger partial charge on any atom is -0.870 e. The first-order valence-corrected chi connectivity index (χ1v) is 17.7. The van der Waals surface area contributed by atoms with Gasteiger partial charge >= 0.3 is 207 Å². The van der Waals surface area contributed by atoms with Gasteiger partial charge in [0.1, 0.15) is 0 Å². The zero-order chi connectivity index (χ0) is 23.6. The molecule has 0 saturated carbocycles. The van der Waals surface area contributed by atoms with Crippen LogP contribution in [-0.2, 0) is 17.2 Å². The van der Waals surface area contributed by atoms with E-state index < -0.39 is 10.1 Å². The van der Waals surface area contributed by atoms with E-state index in [0.29, 0.717) is 16.3 Å². The van der Waals surface area contributed by atoms with Gasteiger partial charge in [0, 0.05) is 0 Å². The van der Waals surface area contributed by atoms with Crippen LogP contribution in [-0.4, -0.2) is 61.2 Å². The quantitative estimate of drug-likeness (QED) is 0.263. The van der Waals surface area contributed by atoms with E-state index >= 15 is 0 Å². The van der Waals surface area contributed by atoms with Gasteiger partial charge in [0.2, 0.25) is 0 Å². The van der Waals surface area contributed by atoms with E-state index in [0.717, 1.165) is 17.1 Å². The summed E-state index contributed by atoms with van der Waals surface area (Å²) in [5, 5.41) is 2.36. The Labute approximate surface area is 224 Å². The number of fused-ring (bicyclic) bond motifs is 2. The van der Waals surface area contributed by atoms with E-state index in [1.807, 2.05) is 35.2 Å². The number of thioether (sulfide) groups is 2. The second-order valence-electron chi connectivity index (χ2n) is 7.67. The average Bonchev–Trinajstić information content (AvgIpc) is 3.29. The second-order valence-corrected chi connectivity index (χ2v) is 16.5. The van der Waals surface area contributed by atoms with Gasteiger partial charge in [-0.25, -0.2) is 0 Å². The first-order chi connectivity index (χ1) is 15.8. The number of thiazole rings is 1. The van der Waals surface area contributed by atoms with Crippen molar-refractivity contribution < 1.29 is 23.0 Å². The summed E-state index contributed by atoms with van der Waals surface area (Å²) in [4.78, 5) is 4.74. The first kappa shape index (κ1) is 27.8. The molecule has 0 fully saturated rings. The van der Waals surface area contributed by atoms with Crippen molar-refractivity contribution >= 4 is 87.5 Å². The molecule has 4 rings (SSSR count). The van der Waals surface area contributed by atoms with Crippen molar-refractivity contribution in [2.24, 2.45) is 7.05 Å². The van der Waals surface area contributed by atoms with Gasteiger partial charge in [-0.15, -0.1) is 0 Å². The SMILES string of the molecule is CCC(=Cc1sc2c([n+]1C)[Te]C(SC)C=C2)C=C1Sc2ccccc2N1CCCS(=O)(=O)O.[OH-]. The molecule has 2 aliphatic heterocycles. The van der Waals surface area contributed by atoms with Crippen LogP contribution in [0.15, 0.2) is 51.9 Å². The Morgan fingerprint density at radius 3 is 2.82 bits per heavy atom. The molecule has 2 aromatic rings. The molecule has 0 radical (unpaired) electrons. The summed E-state index contributed by atoms with van der Waals surface area (Å²) >= 11 is 5.27. The van der Waals surface area contributed by atoms with Gasteiger partial charge in [0.05, 0.1) is 0 Å². The summed E-state index contributed by atoms with van der Waals surface area (Å²) in [5.41, 5.74) is 2.33. The molecule has 2 aliphatic rings. The van der Waals surface area contributed by atoms with Gasteiger partial charge in [-0.05, 0) is 0 Å². The summed E-state index contributed by atoms with van der Waals surface area (Å²) < 4.78 is 36.2. The molecule has 1 atom stereocenters. The Morgan fingerprint density at radius 1 is 1.35 bits per heavy atom. The third kappa shape index (κ3) is 6.51. The number of anilines is 1. The van der Waals surface area contributed by atoms with Gasteiger partial charge in [-0.2, -0.15) is 8.42 Å². The first-order valence-electron chi connectivity index (χ1n) is 10.6. The fraction of sp³-hybridized carbons (Fsp3) is 0.348. The van der Waals surface area contributed by atoms with Crippen molar-refractivity contribution in [1.29, 1.82) is 0 Å². The van der Waals surface area contributed by atoms with E-state index in [1.54, 1.807) is 11.8 Å². The number of para-hydroxylation sites is 1. The zero-order valence-corrected chi connectivity index (χ0v) is 24.8. The second kappa shape index (κ2) is 12.0.